The molecule has 4 fully saturated rings. The zero-order chi connectivity index (χ0) is 16.7. The Morgan fingerprint density at radius 1 is 1.04 bits per heavy atom. The number of hydrogen-bond donors (Lipinski definition) is 0. The summed E-state index contributed by atoms with van der Waals surface area (Å²) in [5.74, 6) is 5.26. The minimum atomic E-state index is 0.238. The second-order valence-corrected chi connectivity index (χ2v) is 11.0. The largest absolute Gasteiger partial charge is 0.293 e. The number of ketones is 1. The lowest BCUT2D eigenvalue weighted by atomic mass is 9.44. The number of carbonyl (C=O) groups is 1. The van der Waals surface area contributed by atoms with Gasteiger partial charge in [-0.15, -0.1) is 0 Å². The van der Waals surface area contributed by atoms with Crippen molar-refractivity contribution in [1.29, 1.82) is 0 Å². The van der Waals surface area contributed by atoms with E-state index < -0.39 is 0 Å². The summed E-state index contributed by atoms with van der Waals surface area (Å²) in [5.41, 5.74) is 0.834. The molecule has 0 N–H and O–H groups in total. The van der Waals surface area contributed by atoms with Gasteiger partial charge in [-0.05, 0) is 102 Å². The summed E-state index contributed by atoms with van der Waals surface area (Å²) in [4.78, 5) is 12.6. The molecule has 3 unspecified atom stereocenters. The lowest BCUT2D eigenvalue weighted by Gasteiger charge is -2.60. The van der Waals surface area contributed by atoms with Gasteiger partial charge in [-0.3, -0.25) is 4.79 Å². The summed E-state index contributed by atoms with van der Waals surface area (Å²) in [6.07, 6.45) is 14.8. The van der Waals surface area contributed by atoms with Crippen molar-refractivity contribution >= 4 is 21.7 Å². The third-order valence-corrected chi connectivity index (χ3v) is 10.1. The quantitative estimate of drug-likeness (QED) is 0.486. The fourth-order valence-electron chi connectivity index (χ4n) is 8.33. The fourth-order valence-corrected chi connectivity index (χ4v) is 9.03. The molecule has 5 aliphatic rings. The van der Waals surface area contributed by atoms with E-state index in [1.54, 1.807) is 0 Å². The molecule has 0 radical (unpaired) electrons. The van der Waals surface area contributed by atoms with Crippen molar-refractivity contribution in [2.24, 2.45) is 46.3 Å². The minimum Gasteiger partial charge on any atom is -0.293 e. The number of rotatable bonds is 0. The molecule has 0 aliphatic heterocycles. The van der Waals surface area contributed by atoms with Crippen molar-refractivity contribution < 1.29 is 4.79 Å². The highest BCUT2D eigenvalue weighted by molar-refractivity contribution is 9.12. The lowest BCUT2D eigenvalue weighted by Crippen LogP contribution is -2.53. The molecule has 0 aromatic heterocycles. The van der Waals surface area contributed by atoms with Gasteiger partial charge in [0.2, 0.25) is 0 Å². The highest BCUT2D eigenvalue weighted by Gasteiger charge is 2.63. The van der Waals surface area contributed by atoms with E-state index in [9.17, 15) is 4.79 Å². The topological polar surface area (TPSA) is 17.1 Å². The van der Waals surface area contributed by atoms with Crippen molar-refractivity contribution in [3.63, 3.8) is 0 Å². The van der Waals surface area contributed by atoms with Gasteiger partial charge in [-0.1, -0.05) is 26.3 Å². The maximum Gasteiger partial charge on any atom is 0.173 e. The molecule has 0 heterocycles. The van der Waals surface area contributed by atoms with Crippen LogP contribution < -0.4 is 0 Å². The molecule has 4 saturated carbocycles. The molecule has 0 aromatic carbocycles. The zero-order valence-corrected chi connectivity index (χ0v) is 16.8. The van der Waals surface area contributed by atoms with Crippen molar-refractivity contribution in [3.8, 4) is 0 Å². The van der Waals surface area contributed by atoms with Crippen LogP contribution in [-0.2, 0) is 4.79 Å². The molecule has 0 bridgehead atoms. The minimum absolute atomic E-state index is 0.238. The standard InChI is InChI=1S/C22H31BrO/c1-13-7-9-21(2)14(11-13)3-4-15-16(21)8-10-22-12-19(23)20(24)18(22)6-5-17(15)22/h12-18H,3-11H2,1-2H3/t13-,14+,15?,16?,17?,18-,21+,22-/m1/s1. The van der Waals surface area contributed by atoms with Gasteiger partial charge >= 0.3 is 0 Å². The lowest BCUT2D eigenvalue weighted by molar-refractivity contribution is -0.126. The Balaban J connectivity index is 1.49. The number of allylic oxidation sites excluding steroid dienone is 2. The van der Waals surface area contributed by atoms with Gasteiger partial charge in [0.15, 0.2) is 5.78 Å². The maximum atomic E-state index is 12.6. The molecule has 1 spiro atoms. The number of carbonyl (C=O) groups excluding carboxylic acids is 1. The highest BCUT2D eigenvalue weighted by atomic mass is 79.9. The van der Waals surface area contributed by atoms with E-state index in [-0.39, 0.29) is 5.41 Å². The van der Waals surface area contributed by atoms with Gasteiger partial charge in [-0.2, -0.15) is 0 Å². The van der Waals surface area contributed by atoms with Gasteiger partial charge in [0, 0.05) is 11.3 Å². The Bertz CT molecular complexity index is 609. The first-order valence-electron chi connectivity index (χ1n) is 10.4. The monoisotopic (exact) mass is 390 g/mol. The summed E-state index contributed by atoms with van der Waals surface area (Å²) in [5, 5.41) is 0. The van der Waals surface area contributed by atoms with Gasteiger partial charge in [0.05, 0.1) is 4.48 Å². The normalized spacial score (nSPS) is 56.1. The molecule has 8 atom stereocenters. The van der Waals surface area contributed by atoms with Crippen LogP contribution in [0.15, 0.2) is 10.6 Å². The molecular formula is C22H31BrO. The Kier molecular flexibility index (Phi) is 3.49. The van der Waals surface area contributed by atoms with Crippen molar-refractivity contribution in [2.75, 3.05) is 0 Å². The predicted molar refractivity (Wildman–Crippen MR) is 101 cm³/mol. The van der Waals surface area contributed by atoms with Gasteiger partial charge in [0.25, 0.3) is 0 Å². The van der Waals surface area contributed by atoms with Crippen LogP contribution in [0.5, 0.6) is 0 Å². The first-order chi connectivity index (χ1) is 11.5. The van der Waals surface area contributed by atoms with E-state index in [4.69, 9.17) is 0 Å². The Labute approximate surface area is 155 Å². The van der Waals surface area contributed by atoms with Crippen LogP contribution in [0.25, 0.3) is 0 Å². The molecule has 132 valence electrons. The first kappa shape index (κ1) is 16.1. The third-order valence-electron chi connectivity index (χ3n) is 9.47. The summed E-state index contributed by atoms with van der Waals surface area (Å²) >= 11 is 3.59. The second kappa shape index (κ2) is 5.21. The number of halogens is 1. The Hall–Kier alpha value is -0.110. The van der Waals surface area contributed by atoms with E-state index in [0.29, 0.717) is 17.1 Å². The second-order valence-electron chi connectivity index (χ2n) is 10.2. The van der Waals surface area contributed by atoms with Gasteiger partial charge in [-0.25, -0.2) is 0 Å². The number of hydrogen-bond acceptors (Lipinski definition) is 1. The zero-order valence-electron chi connectivity index (χ0n) is 15.2. The van der Waals surface area contributed by atoms with E-state index in [1.165, 1.54) is 51.4 Å². The van der Waals surface area contributed by atoms with Crippen LogP contribution in [0.3, 0.4) is 0 Å². The molecular weight excluding hydrogens is 360 g/mol. The molecule has 5 aliphatic carbocycles. The smallest absolute Gasteiger partial charge is 0.173 e. The summed E-state index contributed by atoms with van der Waals surface area (Å²) in [7, 11) is 0. The van der Waals surface area contributed by atoms with E-state index >= 15 is 0 Å². The van der Waals surface area contributed by atoms with Crippen molar-refractivity contribution in [2.45, 2.75) is 71.6 Å². The van der Waals surface area contributed by atoms with E-state index in [0.717, 1.165) is 40.5 Å². The van der Waals surface area contributed by atoms with Crippen LogP contribution in [0.4, 0.5) is 0 Å². The van der Waals surface area contributed by atoms with Gasteiger partial charge < -0.3 is 0 Å². The predicted octanol–water partition coefficient (Wildman–Crippen LogP) is 6.12. The molecule has 0 amide bonds. The number of Topliss-reactive ketones (excluding diaryl/α,β-unsaturated/α-hetero) is 1. The molecule has 5 rings (SSSR count). The van der Waals surface area contributed by atoms with Gasteiger partial charge in [0.1, 0.15) is 0 Å². The molecule has 0 aromatic rings. The highest BCUT2D eigenvalue weighted by Crippen LogP contribution is 2.70. The SMILES string of the molecule is C[C@@H]1CC[C@]2(C)C3CC[C@]45C=C(Br)C(=O)[C@H]4CCC5C3CC[C@H]2C1. The van der Waals surface area contributed by atoms with Crippen LogP contribution >= 0.6 is 15.9 Å². The molecule has 24 heavy (non-hydrogen) atoms. The van der Waals surface area contributed by atoms with E-state index in [2.05, 4.69) is 35.9 Å². The third kappa shape index (κ3) is 1.90. The average molecular weight is 391 g/mol. The van der Waals surface area contributed by atoms with Crippen LogP contribution in [0.2, 0.25) is 0 Å². The molecule has 2 heteroatoms. The molecule has 0 saturated heterocycles. The molecule has 1 nitrogen and oxygen atoms in total. The van der Waals surface area contributed by atoms with Crippen LogP contribution in [0, 0.1) is 46.3 Å². The van der Waals surface area contributed by atoms with Crippen molar-refractivity contribution in [1.82, 2.24) is 0 Å². The first-order valence-corrected chi connectivity index (χ1v) is 11.2. The fraction of sp³-hybridized carbons (Fsp3) is 0.864. The van der Waals surface area contributed by atoms with E-state index in [1.807, 2.05) is 0 Å². The summed E-state index contributed by atoms with van der Waals surface area (Å²) in [6.45, 7) is 5.12. The van der Waals surface area contributed by atoms with Crippen LogP contribution in [0.1, 0.15) is 71.6 Å². The Morgan fingerprint density at radius 2 is 1.88 bits per heavy atom. The summed E-state index contributed by atoms with van der Waals surface area (Å²) in [6, 6.07) is 0. The maximum absolute atomic E-state index is 12.6. The number of fused-ring (bicyclic) bond motifs is 4. The average Bonchev–Trinajstić information content (AvgIpc) is 3.03. The Morgan fingerprint density at radius 3 is 2.71 bits per heavy atom. The van der Waals surface area contributed by atoms with Crippen molar-refractivity contribution in [3.05, 3.63) is 10.6 Å². The summed E-state index contributed by atoms with van der Waals surface area (Å²) < 4.78 is 0.905. The van der Waals surface area contributed by atoms with Crippen LogP contribution in [-0.4, -0.2) is 5.78 Å².